The average Bonchev–Trinajstić information content (AvgIpc) is 2.98. The van der Waals surface area contributed by atoms with Gasteiger partial charge in [0.1, 0.15) is 11.1 Å². The molecule has 5 nitrogen and oxygen atoms in total. The number of nitrogens with one attached hydrogen (secondary N) is 2. The topological polar surface area (TPSA) is 82.0 Å². The minimum Gasteiger partial charge on any atom is -0.326 e. The van der Waals surface area contributed by atoms with E-state index in [1.807, 2.05) is 32.0 Å². The minimum absolute atomic E-state index is 0.121. The monoisotopic (exact) mass is 373 g/mol. The fourth-order valence-electron chi connectivity index (χ4n) is 2.08. The molecule has 0 aliphatic heterocycles. The molecule has 1 unspecified atom stereocenters. The summed E-state index contributed by atoms with van der Waals surface area (Å²) in [6.45, 7) is 5.29. The maximum absolute atomic E-state index is 12.4. The summed E-state index contributed by atoms with van der Waals surface area (Å²) in [6.07, 6.45) is 0.833. The second kappa shape index (κ2) is 8.70. The van der Waals surface area contributed by atoms with Crippen molar-refractivity contribution in [1.82, 2.24) is 0 Å². The third-order valence-corrected chi connectivity index (χ3v) is 5.65. The van der Waals surface area contributed by atoms with Gasteiger partial charge in [-0.25, -0.2) is 0 Å². The third kappa shape index (κ3) is 5.34. The standard InChI is InChI=1S/C18H19N3O2S2/c1-4-15-9-13(10-19)18(25-15)21-17(23)11(2)24-16-7-5-14(6-8-16)20-12(3)22/h5-9,11H,4H2,1-3H3,(H,20,22)(H,21,23). The number of hydrogen-bond acceptors (Lipinski definition) is 5. The first-order chi connectivity index (χ1) is 11.9. The molecule has 0 spiro atoms. The van der Waals surface area contributed by atoms with Crippen molar-refractivity contribution in [3.05, 3.63) is 40.8 Å². The normalized spacial score (nSPS) is 11.4. The number of thioether (sulfide) groups is 1. The summed E-state index contributed by atoms with van der Waals surface area (Å²) in [5.74, 6) is -0.263. The average molecular weight is 374 g/mol. The van der Waals surface area contributed by atoms with Crippen LogP contribution in [-0.4, -0.2) is 17.1 Å². The van der Waals surface area contributed by atoms with E-state index in [1.165, 1.54) is 30.0 Å². The molecule has 0 saturated heterocycles. The lowest BCUT2D eigenvalue weighted by atomic mass is 10.3. The van der Waals surface area contributed by atoms with E-state index in [9.17, 15) is 14.9 Å². The molecule has 2 N–H and O–H groups in total. The molecule has 7 heteroatoms. The number of nitriles is 1. The van der Waals surface area contributed by atoms with E-state index >= 15 is 0 Å². The van der Waals surface area contributed by atoms with Gasteiger partial charge < -0.3 is 10.6 Å². The number of nitrogens with zero attached hydrogens (tertiary/aromatic N) is 1. The molecule has 0 aliphatic rings. The molecule has 0 saturated carbocycles. The van der Waals surface area contributed by atoms with Gasteiger partial charge in [-0.2, -0.15) is 5.26 Å². The summed E-state index contributed by atoms with van der Waals surface area (Å²) in [5.41, 5.74) is 1.23. The van der Waals surface area contributed by atoms with Gasteiger partial charge in [-0.05, 0) is 43.7 Å². The summed E-state index contributed by atoms with van der Waals surface area (Å²) < 4.78 is 0. The molecule has 130 valence electrons. The van der Waals surface area contributed by atoms with Crippen molar-refractivity contribution in [2.24, 2.45) is 0 Å². The molecule has 1 aromatic carbocycles. The van der Waals surface area contributed by atoms with Crippen LogP contribution < -0.4 is 10.6 Å². The van der Waals surface area contributed by atoms with Crippen molar-refractivity contribution in [1.29, 1.82) is 5.26 Å². The van der Waals surface area contributed by atoms with Crippen molar-refractivity contribution in [3.8, 4) is 6.07 Å². The fourth-order valence-corrected chi connectivity index (χ4v) is 3.90. The molecule has 1 aromatic heterocycles. The number of carbonyl (C=O) groups excluding carboxylic acids is 2. The molecule has 25 heavy (non-hydrogen) atoms. The third-order valence-electron chi connectivity index (χ3n) is 3.35. The number of benzene rings is 1. The van der Waals surface area contributed by atoms with Crippen molar-refractivity contribution in [2.75, 3.05) is 10.6 Å². The second-order valence-electron chi connectivity index (χ2n) is 5.38. The number of carbonyl (C=O) groups is 2. The molecule has 2 amide bonds. The van der Waals surface area contributed by atoms with Crippen LogP contribution in [0.2, 0.25) is 0 Å². The second-order valence-corrected chi connectivity index (χ2v) is 7.93. The Labute approximate surface area is 155 Å². The summed E-state index contributed by atoms with van der Waals surface area (Å²) in [6, 6.07) is 11.3. The van der Waals surface area contributed by atoms with Crippen LogP contribution in [0, 0.1) is 11.3 Å². The highest BCUT2D eigenvalue weighted by molar-refractivity contribution is 8.00. The molecule has 0 fully saturated rings. The summed E-state index contributed by atoms with van der Waals surface area (Å²) in [4.78, 5) is 25.4. The first-order valence-electron chi connectivity index (χ1n) is 7.81. The van der Waals surface area contributed by atoms with Crippen LogP contribution in [0.25, 0.3) is 0 Å². The molecule has 0 bridgehead atoms. The van der Waals surface area contributed by atoms with Gasteiger partial charge in [-0.3, -0.25) is 9.59 Å². The Morgan fingerprint density at radius 2 is 1.96 bits per heavy atom. The lowest BCUT2D eigenvalue weighted by molar-refractivity contribution is -0.115. The van der Waals surface area contributed by atoms with E-state index in [2.05, 4.69) is 16.7 Å². The number of thiophene rings is 1. The Balaban J connectivity index is 1.99. The van der Waals surface area contributed by atoms with Crippen LogP contribution in [-0.2, 0) is 16.0 Å². The summed E-state index contributed by atoms with van der Waals surface area (Å²) in [5, 5.41) is 15.0. The van der Waals surface area contributed by atoms with Gasteiger partial charge in [0.05, 0.1) is 10.8 Å². The maximum Gasteiger partial charge on any atom is 0.238 e. The van der Waals surface area contributed by atoms with Crippen molar-refractivity contribution >= 4 is 45.6 Å². The van der Waals surface area contributed by atoms with E-state index in [4.69, 9.17) is 0 Å². The van der Waals surface area contributed by atoms with Crippen LogP contribution in [0.5, 0.6) is 0 Å². The minimum atomic E-state index is -0.315. The lowest BCUT2D eigenvalue weighted by Crippen LogP contribution is -2.22. The molecule has 2 aromatic rings. The Hall–Kier alpha value is -2.30. The van der Waals surface area contributed by atoms with Crippen molar-refractivity contribution < 1.29 is 9.59 Å². The number of amides is 2. The Morgan fingerprint density at radius 3 is 2.52 bits per heavy atom. The largest absolute Gasteiger partial charge is 0.326 e. The number of anilines is 2. The number of rotatable bonds is 6. The zero-order valence-corrected chi connectivity index (χ0v) is 15.9. The van der Waals surface area contributed by atoms with Crippen LogP contribution in [0.15, 0.2) is 35.2 Å². The van der Waals surface area contributed by atoms with Gasteiger partial charge >= 0.3 is 0 Å². The van der Waals surface area contributed by atoms with Crippen LogP contribution in [0.1, 0.15) is 31.2 Å². The van der Waals surface area contributed by atoms with E-state index in [0.717, 1.165) is 21.9 Å². The van der Waals surface area contributed by atoms with E-state index in [1.54, 1.807) is 12.1 Å². The van der Waals surface area contributed by atoms with E-state index in [-0.39, 0.29) is 17.1 Å². The maximum atomic E-state index is 12.4. The number of hydrogen-bond donors (Lipinski definition) is 2. The van der Waals surface area contributed by atoms with Gasteiger partial charge in [0.15, 0.2) is 0 Å². The SMILES string of the molecule is CCc1cc(C#N)c(NC(=O)C(C)Sc2ccc(NC(C)=O)cc2)s1. The highest BCUT2D eigenvalue weighted by Crippen LogP contribution is 2.30. The molecule has 1 heterocycles. The quantitative estimate of drug-likeness (QED) is 0.741. The smallest absolute Gasteiger partial charge is 0.238 e. The molecule has 2 rings (SSSR count). The fraction of sp³-hybridized carbons (Fsp3) is 0.278. The predicted octanol–water partition coefficient (Wildman–Crippen LogP) is 4.26. The molecule has 0 radical (unpaired) electrons. The Morgan fingerprint density at radius 1 is 1.28 bits per heavy atom. The summed E-state index contributed by atoms with van der Waals surface area (Å²) >= 11 is 2.86. The van der Waals surface area contributed by atoms with Crippen molar-refractivity contribution in [2.45, 2.75) is 37.3 Å². The first kappa shape index (κ1) is 19.0. The van der Waals surface area contributed by atoms with E-state index < -0.39 is 0 Å². The van der Waals surface area contributed by atoms with Crippen LogP contribution in [0.4, 0.5) is 10.7 Å². The highest BCUT2D eigenvalue weighted by Gasteiger charge is 2.17. The van der Waals surface area contributed by atoms with E-state index in [0.29, 0.717) is 10.6 Å². The van der Waals surface area contributed by atoms with Crippen molar-refractivity contribution in [3.63, 3.8) is 0 Å². The van der Waals surface area contributed by atoms with Crippen LogP contribution >= 0.6 is 23.1 Å². The summed E-state index contributed by atoms with van der Waals surface area (Å²) in [7, 11) is 0. The molecule has 0 aliphatic carbocycles. The molecule has 1 atom stereocenters. The molecular formula is C18H19N3O2S2. The highest BCUT2D eigenvalue weighted by atomic mass is 32.2. The zero-order valence-electron chi connectivity index (χ0n) is 14.3. The van der Waals surface area contributed by atoms with Gasteiger partial charge in [0.2, 0.25) is 11.8 Å². The first-order valence-corrected chi connectivity index (χ1v) is 9.50. The Bertz CT molecular complexity index is 807. The van der Waals surface area contributed by atoms with Gasteiger partial charge in [-0.1, -0.05) is 6.92 Å². The van der Waals surface area contributed by atoms with Gasteiger partial charge in [0.25, 0.3) is 0 Å². The lowest BCUT2D eigenvalue weighted by Gasteiger charge is -2.12. The van der Waals surface area contributed by atoms with Gasteiger partial charge in [0, 0.05) is 22.4 Å². The molecular weight excluding hydrogens is 354 g/mol. The Kier molecular flexibility index (Phi) is 6.62. The number of aryl methyl sites for hydroxylation is 1. The van der Waals surface area contributed by atoms with Crippen LogP contribution in [0.3, 0.4) is 0 Å². The predicted molar refractivity (Wildman–Crippen MR) is 103 cm³/mol. The zero-order chi connectivity index (χ0) is 18.4. The van der Waals surface area contributed by atoms with Gasteiger partial charge in [-0.15, -0.1) is 23.1 Å².